The summed E-state index contributed by atoms with van der Waals surface area (Å²) in [5, 5.41) is 5.48. The molecule has 0 aromatic rings. The van der Waals surface area contributed by atoms with Crippen molar-refractivity contribution in [3.8, 4) is 0 Å². The molecule has 5 heteroatoms. The number of rotatable bonds is 11. The molecule has 0 rings (SSSR count). The molecule has 18 heavy (non-hydrogen) atoms. The highest BCUT2D eigenvalue weighted by atomic mass is 16.2. The fraction of sp³-hybridized carbons (Fsp3) is 0.692. The molecule has 4 N–H and O–H groups in total. The number of carbonyl (C=O) groups is 2. The lowest BCUT2D eigenvalue weighted by Crippen LogP contribution is -2.28. The monoisotopic (exact) mass is 255 g/mol. The Labute approximate surface area is 109 Å². The van der Waals surface area contributed by atoms with Crippen LogP contribution in [0.4, 0.5) is 0 Å². The summed E-state index contributed by atoms with van der Waals surface area (Å²) in [7, 11) is 0. The van der Waals surface area contributed by atoms with Crippen molar-refractivity contribution >= 4 is 11.8 Å². The Kier molecular flexibility index (Phi) is 11.2. The molecule has 0 aromatic carbocycles. The maximum absolute atomic E-state index is 11.4. The van der Waals surface area contributed by atoms with Crippen LogP contribution in [0.25, 0.3) is 0 Å². The molecule has 0 aliphatic rings. The lowest BCUT2D eigenvalue weighted by atomic mass is 10.1. The Morgan fingerprint density at radius 3 is 2.33 bits per heavy atom. The Hall–Kier alpha value is -1.36. The normalized spacial score (nSPS) is 9.83. The van der Waals surface area contributed by atoms with Crippen LogP contribution in [-0.2, 0) is 9.59 Å². The molecule has 2 amide bonds. The van der Waals surface area contributed by atoms with Gasteiger partial charge in [-0.15, -0.1) is 0 Å². The van der Waals surface area contributed by atoms with Gasteiger partial charge in [-0.25, -0.2) is 0 Å². The predicted molar refractivity (Wildman–Crippen MR) is 73.0 cm³/mol. The van der Waals surface area contributed by atoms with Crippen molar-refractivity contribution < 1.29 is 9.59 Å². The van der Waals surface area contributed by atoms with Gasteiger partial charge in [0.05, 0.1) is 0 Å². The maximum Gasteiger partial charge on any atom is 0.243 e. The van der Waals surface area contributed by atoms with Gasteiger partial charge in [-0.3, -0.25) is 9.59 Å². The summed E-state index contributed by atoms with van der Waals surface area (Å²) in [5.41, 5.74) is 5.38. The maximum atomic E-state index is 11.4. The smallest absolute Gasteiger partial charge is 0.243 e. The van der Waals surface area contributed by atoms with Crippen LogP contribution in [0.1, 0.15) is 38.5 Å². The van der Waals surface area contributed by atoms with Crippen molar-refractivity contribution in [2.75, 3.05) is 19.6 Å². The average molecular weight is 255 g/mol. The summed E-state index contributed by atoms with van der Waals surface area (Å²) in [6.07, 6.45) is 6.64. The number of nitrogens with two attached hydrogens (primary N) is 1. The fourth-order valence-electron chi connectivity index (χ4n) is 1.47. The van der Waals surface area contributed by atoms with Gasteiger partial charge >= 0.3 is 0 Å². The Morgan fingerprint density at radius 1 is 1.00 bits per heavy atom. The molecule has 0 spiro atoms. The van der Waals surface area contributed by atoms with Crippen LogP contribution >= 0.6 is 0 Å². The predicted octanol–water partition coefficient (Wildman–Crippen LogP) is 0.704. The molecule has 5 nitrogen and oxygen atoms in total. The molecule has 0 bridgehead atoms. The van der Waals surface area contributed by atoms with E-state index in [-0.39, 0.29) is 11.8 Å². The molecule has 0 atom stereocenters. The van der Waals surface area contributed by atoms with Crippen LogP contribution < -0.4 is 16.4 Å². The van der Waals surface area contributed by atoms with Crippen LogP contribution in [0.2, 0.25) is 0 Å². The average Bonchev–Trinajstić information content (AvgIpc) is 2.37. The molecule has 0 radical (unpaired) electrons. The zero-order valence-electron chi connectivity index (χ0n) is 11.0. The third-order valence-electron chi connectivity index (χ3n) is 2.52. The van der Waals surface area contributed by atoms with Crippen molar-refractivity contribution in [1.82, 2.24) is 10.6 Å². The molecule has 0 heterocycles. The number of nitrogens with one attached hydrogen (secondary N) is 2. The largest absolute Gasteiger partial charge is 0.356 e. The van der Waals surface area contributed by atoms with E-state index in [1.807, 2.05) is 0 Å². The van der Waals surface area contributed by atoms with Crippen LogP contribution in [-0.4, -0.2) is 31.4 Å². The highest BCUT2D eigenvalue weighted by molar-refractivity contribution is 5.86. The number of hydrogen-bond acceptors (Lipinski definition) is 3. The Balaban J connectivity index is 3.26. The molecule has 0 aromatic heterocycles. The molecule has 0 fully saturated rings. The van der Waals surface area contributed by atoms with Crippen LogP contribution in [0.15, 0.2) is 12.7 Å². The number of unbranched alkanes of at least 4 members (excludes halogenated alkanes) is 3. The van der Waals surface area contributed by atoms with Crippen molar-refractivity contribution in [2.24, 2.45) is 5.73 Å². The van der Waals surface area contributed by atoms with E-state index in [9.17, 15) is 9.59 Å². The quantitative estimate of drug-likeness (QED) is 0.375. The van der Waals surface area contributed by atoms with Gasteiger partial charge in [0.15, 0.2) is 0 Å². The minimum Gasteiger partial charge on any atom is -0.356 e. The van der Waals surface area contributed by atoms with E-state index >= 15 is 0 Å². The highest BCUT2D eigenvalue weighted by Crippen LogP contribution is 2.01. The topological polar surface area (TPSA) is 84.2 Å². The Bertz CT molecular complexity index is 255. The first-order valence-electron chi connectivity index (χ1n) is 6.57. The van der Waals surface area contributed by atoms with Crippen LogP contribution in [0.5, 0.6) is 0 Å². The molecule has 0 aliphatic carbocycles. The number of amides is 2. The van der Waals surface area contributed by atoms with E-state index in [4.69, 9.17) is 5.73 Å². The van der Waals surface area contributed by atoms with Gasteiger partial charge < -0.3 is 16.4 Å². The lowest BCUT2D eigenvalue weighted by Gasteiger charge is -2.05. The van der Waals surface area contributed by atoms with Gasteiger partial charge in [0.25, 0.3) is 0 Å². The number of carbonyl (C=O) groups excluding carboxylic acids is 2. The minimum atomic E-state index is -0.179. The SMILES string of the molecule is C=CC(=O)NCCCNC(=O)CCCCCCN. The molecule has 0 saturated carbocycles. The summed E-state index contributed by atoms with van der Waals surface area (Å²) >= 11 is 0. The summed E-state index contributed by atoms with van der Waals surface area (Å²) in [6, 6.07) is 0. The molecular weight excluding hydrogens is 230 g/mol. The van der Waals surface area contributed by atoms with Gasteiger partial charge in [-0.2, -0.15) is 0 Å². The molecular formula is C13H25N3O2. The highest BCUT2D eigenvalue weighted by Gasteiger charge is 2.00. The van der Waals surface area contributed by atoms with E-state index in [0.717, 1.165) is 38.6 Å². The van der Waals surface area contributed by atoms with Crippen LogP contribution in [0, 0.1) is 0 Å². The second-order valence-corrected chi connectivity index (χ2v) is 4.15. The van der Waals surface area contributed by atoms with Gasteiger partial charge in [-0.1, -0.05) is 19.4 Å². The second kappa shape index (κ2) is 12.1. The van der Waals surface area contributed by atoms with E-state index in [1.165, 1.54) is 6.08 Å². The third kappa shape index (κ3) is 11.1. The van der Waals surface area contributed by atoms with Gasteiger partial charge in [-0.05, 0) is 31.9 Å². The van der Waals surface area contributed by atoms with E-state index in [0.29, 0.717) is 19.5 Å². The third-order valence-corrected chi connectivity index (χ3v) is 2.52. The zero-order valence-corrected chi connectivity index (χ0v) is 11.0. The van der Waals surface area contributed by atoms with E-state index < -0.39 is 0 Å². The molecule has 104 valence electrons. The van der Waals surface area contributed by atoms with Gasteiger partial charge in [0.1, 0.15) is 0 Å². The van der Waals surface area contributed by atoms with E-state index in [1.54, 1.807) is 0 Å². The fourth-order valence-corrected chi connectivity index (χ4v) is 1.47. The Morgan fingerprint density at radius 2 is 1.67 bits per heavy atom. The first kappa shape index (κ1) is 16.6. The molecule has 0 unspecified atom stereocenters. The number of hydrogen-bond donors (Lipinski definition) is 3. The van der Waals surface area contributed by atoms with Crippen molar-refractivity contribution in [1.29, 1.82) is 0 Å². The van der Waals surface area contributed by atoms with Crippen molar-refractivity contribution in [2.45, 2.75) is 38.5 Å². The first-order valence-corrected chi connectivity index (χ1v) is 6.57. The van der Waals surface area contributed by atoms with Gasteiger partial charge in [0.2, 0.25) is 11.8 Å². The summed E-state index contributed by atoms with van der Waals surface area (Å²) < 4.78 is 0. The van der Waals surface area contributed by atoms with Gasteiger partial charge in [0, 0.05) is 19.5 Å². The van der Waals surface area contributed by atoms with Crippen LogP contribution in [0.3, 0.4) is 0 Å². The lowest BCUT2D eigenvalue weighted by molar-refractivity contribution is -0.121. The first-order chi connectivity index (χ1) is 8.70. The minimum absolute atomic E-state index is 0.0813. The van der Waals surface area contributed by atoms with Crippen molar-refractivity contribution in [3.05, 3.63) is 12.7 Å². The van der Waals surface area contributed by atoms with Crippen molar-refractivity contribution in [3.63, 3.8) is 0 Å². The summed E-state index contributed by atoms with van der Waals surface area (Å²) in [5.74, 6) is -0.0981. The standard InChI is InChI=1S/C13H25N3O2/c1-2-12(17)15-10-7-11-16-13(18)8-5-3-4-6-9-14/h2H,1,3-11,14H2,(H,15,17)(H,16,18). The van der Waals surface area contributed by atoms with E-state index in [2.05, 4.69) is 17.2 Å². The molecule has 0 aliphatic heterocycles. The zero-order chi connectivity index (χ0) is 13.6. The summed E-state index contributed by atoms with van der Waals surface area (Å²) in [6.45, 7) is 5.23. The molecule has 0 saturated heterocycles. The summed E-state index contributed by atoms with van der Waals surface area (Å²) in [4.78, 5) is 22.2. The second-order valence-electron chi connectivity index (χ2n) is 4.15.